The molecule has 0 aliphatic heterocycles. The number of rotatable bonds is 6. The molecule has 0 saturated carbocycles. The van der Waals surface area contributed by atoms with Gasteiger partial charge in [0.2, 0.25) is 5.95 Å². The molecule has 0 saturated heterocycles. The molecule has 0 atom stereocenters. The van der Waals surface area contributed by atoms with Crippen molar-refractivity contribution in [1.82, 2.24) is 19.9 Å². The highest BCUT2D eigenvalue weighted by molar-refractivity contribution is 7.09. The van der Waals surface area contributed by atoms with Gasteiger partial charge in [-0.1, -0.05) is 13.0 Å². The summed E-state index contributed by atoms with van der Waals surface area (Å²) in [4.78, 5) is 17.4. The molecular formula is C13H16N6S. The van der Waals surface area contributed by atoms with Crippen molar-refractivity contribution in [2.24, 2.45) is 0 Å². The summed E-state index contributed by atoms with van der Waals surface area (Å²) in [5.74, 6) is 1.39. The van der Waals surface area contributed by atoms with Crippen molar-refractivity contribution < 1.29 is 0 Å². The van der Waals surface area contributed by atoms with Crippen molar-refractivity contribution in [1.29, 1.82) is 0 Å². The lowest BCUT2D eigenvalue weighted by molar-refractivity contribution is 0.955. The number of hydrogen-bond acceptors (Lipinski definition) is 6. The summed E-state index contributed by atoms with van der Waals surface area (Å²) in [5, 5.41) is 8.60. The van der Waals surface area contributed by atoms with Crippen LogP contribution < -0.4 is 10.6 Å². The van der Waals surface area contributed by atoms with Crippen LogP contribution in [0.5, 0.6) is 0 Å². The molecule has 3 heterocycles. The van der Waals surface area contributed by atoms with Gasteiger partial charge in [-0.25, -0.2) is 4.98 Å². The van der Waals surface area contributed by atoms with E-state index in [1.54, 1.807) is 17.7 Å². The number of H-pyrrole nitrogens is 1. The first-order valence-corrected chi connectivity index (χ1v) is 7.46. The quantitative estimate of drug-likeness (QED) is 0.650. The minimum absolute atomic E-state index is 0.611. The third kappa shape index (κ3) is 2.72. The number of hydrogen-bond donors (Lipinski definition) is 3. The Morgan fingerprint density at radius 1 is 1.30 bits per heavy atom. The average Bonchev–Trinajstić information content (AvgIpc) is 3.13. The predicted octanol–water partition coefficient (Wildman–Crippen LogP) is 2.85. The van der Waals surface area contributed by atoms with Crippen LogP contribution in [0.4, 0.5) is 11.8 Å². The molecule has 0 unspecified atom stereocenters. The van der Waals surface area contributed by atoms with Crippen LogP contribution in [-0.4, -0.2) is 26.5 Å². The number of imidazole rings is 1. The maximum Gasteiger partial charge on any atom is 0.226 e. The first-order valence-electron chi connectivity index (χ1n) is 6.58. The lowest BCUT2D eigenvalue weighted by Crippen LogP contribution is -2.08. The van der Waals surface area contributed by atoms with Crippen LogP contribution in [0.3, 0.4) is 0 Å². The average molecular weight is 288 g/mol. The molecule has 0 aliphatic rings. The molecule has 0 spiro atoms. The van der Waals surface area contributed by atoms with Gasteiger partial charge in [0.1, 0.15) is 5.52 Å². The maximum absolute atomic E-state index is 4.51. The smallest absolute Gasteiger partial charge is 0.226 e. The number of nitrogens with zero attached hydrogens (tertiary/aromatic N) is 3. The minimum atomic E-state index is 0.611. The minimum Gasteiger partial charge on any atom is -0.363 e. The van der Waals surface area contributed by atoms with E-state index in [1.807, 2.05) is 6.07 Å². The molecule has 0 bridgehead atoms. The highest BCUT2D eigenvalue weighted by atomic mass is 32.1. The highest BCUT2D eigenvalue weighted by Crippen LogP contribution is 2.20. The van der Waals surface area contributed by atoms with Gasteiger partial charge in [0.25, 0.3) is 0 Å². The Labute approximate surface area is 120 Å². The van der Waals surface area contributed by atoms with E-state index in [0.717, 1.165) is 30.8 Å². The van der Waals surface area contributed by atoms with Crippen molar-refractivity contribution >= 4 is 34.3 Å². The van der Waals surface area contributed by atoms with Gasteiger partial charge >= 0.3 is 0 Å². The Kier molecular flexibility index (Phi) is 3.78. The second kappa shape index (κ2) is 5.87. The lowest BCUT2D eigenvalue weighted by atomic mass is 10.4. The Balaban J connectivity index is 1.85. The SMILES string of the molecule is CCCNc1nc(NCc2cccs2)c2[nH]cnc2n1. The molecule has 6 nitrogen and oxygen atoms in total. The van der Waals surface area contributed by atoms with Crippen LogP contribution in [0.15, 0.2) is 23.8 Å². The van der Waals surface area contributed by atoms with Crippen molar-refractivity contribution in [3.8, 4) is 0 Å². The molecule has 3 rings (SSSR count). The first-order chi connectivity index (χ1) is 9.86. The molecule has 0 amide bonds. The summed E-state index contributed by atoms with van der Waals surface area (Å²) in [5.41, 5.74) is 1.51. The normalized spacial score (nSPS) is 10.8. The van der Waals surface area contributed by atoms with E-state index in [9.17, 15) is 0 Å². The number of fused-ring (bicyclic) bond motifs is 1. The van der Waals surface area contributed by atoms with Gasteiger partial charge in [-0.15, -0.1) is 11.3 Å². The van der Waals surface area contributed by atoms with Crippen molar-refractivity contribution in [3.63, 3.8) is 0 Å². The molecule has 20 heavy (non-hydrogen) atoms. The van der Waals surface area contributed by atoms with Crippen LogP contribution in [0.2, 0.25) is 0 Å². The Hall–Kier alpha value is -2.15. The lowest BCUT2D eigenvalue weighted by Gasteiger charge is -2.08. The van der Waals surface area contributed by atoms with Gasteiger partial charge < -0.3 is 15.6 Å². The van der Waals surface area contributed by atoms with Gasteiger partial charge in [-0.2, -0.15) is 9.97 Å². The van der Waals surface area contributed by atoms with Gasteiger partial charge in [0, 0.05) is 11.4 Å². The van der Waals surface area contributed by atoms with Crippen molar-refractivity contribution in [3.05, 3.63) is 28.7 Å². The fourth-order valence-electron chi connectivity index (χ4n) is 1.86. The molecule has 7 heteroatoms. The van der Waals surface area contributed by atoms with Crippen LogP contribution in [0.1, 0.15) is 18.2 Å². The van der Waals surface area contributed by atoms with Gasteiger partial charge in [0.15, 0.2) is 11.5 Å². The zero-order valence-electron chi connectivity index (χ0n) is 11.2. The second-order valence-corrected chi connectivity index (χ2v) is 5.39. The van der Waals surface area contributed by atoms with Crippen molar-refractivity contribution in [2.45, 2.75) is 19.9 Å². The topological polar surface area (TPSA) is 78.5 Å². The Bertz CT molecular complexity index is 675. The first kappa shape index (κ1) is 12.9. The second-order valence-electron chi connectivity index (χ2n) is 4.36. The molecule has 0 fully saturated rings. The summed E-state index contributed by atoms with van der Waals surface area (Å²) in [7, 11) is 0. The van der Waals surface area contributed by atoms with Crippen molar-refractivity contribution in [2.75, 3.05) is 17.2 Å². The molecule has 104 valence electrons. The monoisotopic (exact) mass is 288 g/mol. The zero-order valence-corrected chi connectivity index (χ0v) is 12.0. The fourth-order valence-corrected chi connectivity index (χ4v) is 2.51. The van der Waals surface area contributed by atoms with Crippen LogP contribution in [-0.2, 0) is 6.54 Å². The largest absolute Gasteiger partial charge is 0.363 e. The maximum atomic E-state index is 4.51. The number of aromatic nitrogens is 4. The number of anilines is 2. The fraction of sp³-hybridized carbons (Fsp3) is 0.308. The third-order valence-electron chi connectivity index (χ3n) is 2.83. The van der Waals surface area contributed by atoms with Crippen LogP contribution >= 0.6 is 11.3 Å². The summed E-state index contributed by atoms with van der Waals surface area (Å²) in [6, 6.07) is 4.14. The summed E-state index contributed by atoms with van der Waals surface area (Å²) in [6.07, 6.45) is 2.67. The van der Waals surface area contributed by atoms with Gasteiger partial charge in [-0.05, 0) is 17.9 Å². The molecular weight excluding hydrogens is 272 g/mol. The van der Waals surface area contributed by atoms with E-state index in [2.05, 4.69) is 48.9 Å². The number of thiophene rings is 1. The summed E-state index contributed by atoms with van der Waals surface area (Å²) in [6.45, 7) is 3.70. The molecule has 3 aromatic rings. The number of nitrogens with one attached hydrogen (secondary N) is 3. The predicted molar refractivity (Wildman–Crippen MR) is 82.1 cm³/mol. The summed E-state index contributed by atoms with van der Waals surface area (Å²) >= 11 is 1.72. The van der Waals surface area contributed by atoms with E-state index >= 15 is 0 Å². The summed E-state index contributed by atoms with van der Waals surface area (Å²) < 4.78 is 0. The molecule has 3 N–H and O–H groups in total. The Morgan fingerprint density at radius 2 is 2.25 bits per heavy atom. The highest BCUT2D eigenvalue weighted by Gasteiger charge is 2.09. The standard InChI is InChI=1S/C13H16N6S/c1-2-5-14-13-18-11(10-12(19-13)17-8-16-10)15-7-9-4-3-6-20-9/h3-4,6,8H,2,5,7H2,1H3,(H3,14,15,16,17,18,19). The molecule has 0 radical (unpaired) electrons. The van der Waals surface area contributed by atoms with E-state index in [0.29, 0.717) is 11.6 Å². The van der Waals surface area contributed by atoms with Crippen LogP contribution in [0, 0.1) is 0 Å². The molecule has 0 aliphatic carbocycles. The molecule has 3 aromatic heterocycles. The Morgan fingerprint density at radius 3 is 3.05 bits per heavy atom. The van der Waals surface area contributed by atoms with E-state index in [-0.39, 0.29) is 0 Å². The van der Waals surface area contributed by atoms with Gasteiger partial charge in [-0.3, -0.25) is 0 Å². The molecule has 0 aromatic carbocycles. The van der Waals surface area contributed by atoms with E-state index in [1.165, 1.54) is 4.88 Å². The van der Waals surface area contributed by atoms with Gasteiger partial charge in [0.05, 0.1) is 12.9 Å². The third-order valence-corrected chi connectivity index (χ3v) is 3.71. The number of aromatic amines is 1. The zero-order chi connectivity index (χ0) is 13.8. The van der Waals surface area contributed by atoms with Crippen LogP contribution in [0.25, 0.3) is 11.2 Å². The van der Waals surface area contributed by atoms with E-state index < -0.39 is 0 Å². The van der Waals surface area contributed by atoms with E-state index in [4.69, 9.17) is 0 Å².